The number of rotatable bonds is 7. The average Bonchev–Trinajstić information content (AvgIpc) is 2.76. The zero-order valence-corrected chi connectivity index (χ0v) is 19.0. The topological polar surface area (TPSA) is 98.7 Å². The van der Waals surface area contributed by atoms with Gasteiger partial charge in [0.15, 0.2) is 9.84 Å². The third-order valence-electron chi connectivity index (χ3n) is 5.10. The van der Waals surface area contributed by atoms with Gasteiger partial charge in [0.2, 0.25) is 5.88 Å². The zero-order chi connectivity index (χ0) is 22.4. The summed E-state index contributed by atoms with van der Waals surface area (Å²) in [6.45, 7) is 6.32. The van der Waals surface area contributed by atoms with Crippen LogP contribution in [0.1, 0.15) is 26.7 Å². The molecule has 9 heteroatoms. The number of likely N-dealkylation sites (tertiary alicyclic amines) is 1. The van der Waals surface area contributed by atoms with E-state index >= 15 is 0 Å². The quantitative estimate of drug-likeness (QED) is 0.641. The summed E-state index contributed by atoms with van der Waals surface area (Å²) in [5, 5.41) is 8.30. The minimum atomic E-state index is -3.23. The minimum absolute atomic E-state index is 0.237. The van der Waals surface area contributed by atoms with Gasteiger partial charge < -0.3 is 14.4 Å². The molecule has 0 unspecified atom stereocenters. The maximum atomic E-state index is 12.0. The van der Waals surface area contributed by atoms with E-state index in [0.29, 0.717) is 49.7 Å². The summed E-state index contributed by atoms with van der Waals surface area (Å²) < 4.78 is 34.2. The number of carbonyl (C=O) groups is 1. The molecular formula is C22H29N3O5S. The molecule has 0 N–H and O–H groups in total. The Bertz CT molecular complexity index is 967. The molecule has 2 aromatic rings. The van der Waals surface area contributed by atoms with Gasteiger partial charge in [-0.15, -0.1) is 10.2 Å². The zero-order valence-electron chi connectivity index (χ0n) is 18.2. The van der Waals surface area contributed by atoms with Crippen molar-refractivity contribution in [2.75, 3.05) is 32.6 Å². The van der Waals surface area contributed by atoms with Crippen LogP contribution in [0.15, 0.2) is 41.3 Å². The first-order valence-corrected chi connectivity index (χ1v) is 12.3. The van der Waals surface area contributed by atoms with Crippen LogP contribution in [0.3, 0.4) is 0 Å². The number of amides is 1. The van der Waals surface area contributed by atoms with Crippen molar-refractivity contribution < 1.29 is 22.7 Å². The summed E-state index contributed by atoms with van der Waals surface area (Å²) in [6.07, 6.45) is 2.65. The molecule has 3 rings (SSSR count). The summed E-state index contributed by atoms with van der Waals surface area (Å²) in [7, 11) is -3.23. The molecule has 0 radical (unpaired) electrons. The van der Waals surface area contributed by atoms with E-state index in [0.717, 1.165) is 18.4 Å². The van der Waals surface area contributed by atoms with Crippen molar-refractivity contribution in [1.29, 1.82) is 0 Å². The third kappa shape index (κ3) is 6.65. The lowest BCUT2D eigenvalue weighted by Crippen LogP contribution is -2.40. The second-order valence-electron chi connectivity index (χ2n) is 8.27. The molecule has 0 saturated carbocycles. The number of carbonyl (C=O) groups excluding carboxylic acids is 1. The van der Waals surface area contributed by atoms with Gasteiger partial charge in [-0.1, -0.05) is 26.0 Å². The Morgan fingerprint density at radius 3 is 2.32 bits per heavy atom. The highest BCUT2D eigenvalue weighted by atomic mass is 32.2. The number of sulfone groups is 1. The van der Waals surface area contributed by atoms with Crippen LogP contribution in [-0.2, 0) is 14.6 Å². The van der Waals surface area contributed by atoms with Crippen LogP contribution in [0.4, 0.5) is 4.79 Å². The van der Waals surface area contributed by atoms with Gasteiger partial charge in [-0.2, -0.15) is 0 Å². The molecule has 0 atom stereocenters. The number of aromatic nitrogens is 2. The first kappa shape index (κ1) is 23.0. The molecule has 1 aliphatic heterocycles. The molecule has 1 aromatic heterocycles. The lowest BCUT2D eigenvalue weighted by Gasteiger charge is -2.31. The highest BCUT2D eigenvalue weighted by Crippen LogP contribution is 2.22. The van der Waals surface area contributed by atoms with Crippen LogP contribution in [0.2, 0.25) is 0 Å². The molecule has 0 spiro atoms. The van der Waals surface area contributed by atoms with Crippen LogP contribution in [0, 0.1) is 11.8 Å². The van der Waals surface area contributed by atoms with Crippen LogP contribution < -0.4 is 4.74 Å². The molecule has 0 bridgehead atoms. The first-order valence-electron chi connectivity index (χ1n) is 10.4. The Hall–Kier alpha value is -2.68. The SMILES string of the molecule is CC(C)COC(=O)N1CCC(COc2ccc(-c3ccc(S(C)(=O)=O)cc3)nn2)CC1. The van der Waals surface area contributed by atoms with E-state index in [1.165, 1.54) is 6.26 Å². The highest BCUT2D eigenvalue weighted by Gasteiger charge is 2.24. The number of hydrogen-bond acceptors (Lipinski definition) is 7. The van der Waals surface area contributed by atoms with Gasteiger partial charge in [0.25, 0.3) is 0 Å². The molecular weight excluding hydrogens is 418 g/mol. The predicted molar refractivity (Wildman–Crippen MR) is 117 cm³/mol. The lowest BCUT2D eigenvalue weighted by molar-refractivity contribution is 0.0729. The maximum Gasteiger partial charge on any atom is 0.409 e. The first-order chi connectivity index (χ1) is 14.7. The van der Waals surface area contributed by atoms with Gasteiger partial charge in [-0.3, -0.25) is 0 Å². The van der Waals surface area contributed by atoms with Crippen molar-refractivity contribution in [2.24, 2.45) is 11.8 Å². The Labute approximate surface area is 183 Å². The smallest absolute Gasteiger partial charge is 0.409 e. The molecule has 1 amide bonds. The van der Waals surface area contributed by atoms with E-state index in [-0.39, 0.29) is 11.0 Å². The summed E-state index contributed by atoms with van der Waals surface area (Å²) in [5.74, 6) is 1.11. The average molecular weight is 448 g/mol. The third-order valence-corrected chi connectivity index (χ3v) is 6.23. The van der Waals surface area contributed by atoms with Crippen molar-refractivity contribution in [1.82, 2.24) is 15.1 Å². The van der Waals surface area contributed by atoms with Crippen molar-refractivity contribution in [3.8, 4) is 17.1 Å². The van der Waals surface area contributed by atoms with E-state index in [1.807, 2.05) is 13.8 Å². The Kier molecular flexibility index (Phi) is 7.48. The minimum Gasteiger partial charge on any atom is -0.476 e. The molecule has 1 aromatic carbocycles. The fraction of sp³-hybridized carbons (Fsp3) is 0.500. The summed E-state index contributed by atoms with van der Waals surface area (Å²) in [5.41, 5.74) is 1.42. The second kappa shape index (κ2) is 10.1. The van der Waals surface area contributed by atoms with E-state index in [2.05, 4.69) is 10.2 Å². The predicted octanol–water partition coefficient (Wildman–Crippen LogP) is 3.43. The lowest BCUT2D eigenvalue weighted by atomic mass is 9.98. The van der Waals surface area contributed by atoms with Crippen LogP contribution >= 0.6 is 0 Å². The van der Waals surface area contributed by atoms with Crippen molar-refractivity contribution in [2.45, 2.75) is 31.6 Å². The molecule has 0 aliphatic carbocycles. The van der Waals surface area contributed by atoms with E-state index in [9.17, 15) is 13.2 Å². The molecule has 1 fully saturated rings. The van der Waals surface area contributed by atoms with E-state index in [1.54, 1.807) is 41.3 Å². The molecule has 1 saturated heterocycles. The standard InChI is InChI=1S/C22H29N3O5S/c1-16(2)14-30-22(26)25-12-10-17(11-13-25)15-29-21-9-8-20(23-24-21)18-4-6-19(7-5-18)31(3,27)28/h4-9,16-17H,10-15H2,1-3H3. The molecule has 31 heavy (non-hydrogen) atoms. The van der Waals surface area contributed by atoms with Crippen LogP contribution in [0.25, 0.3) is 11.3 Å². The van der Waals surface area contributed by atoms with Crippen molar-refractivity contribution >= 4 is 15.9 Å². The monoisotopic (exact) mass is 447 g/mol. The van der Waals surface area contributed by atoms with Gasteiger partial charge in [0.05, 0.1) is 23.8 Å². The van der Waals surface area contributed by atoms with E-state index < -0.39 is 9.84 Å². The second-order valence-corrected chi connectivity index (χ2v) is 10.3. The van der Waals surface area contributed by atoms with Gasteiger partial charge in [-0.25, -0.2) is 13.2 Å². The molecule has 168 valence electrons. The van der Waals surface area contributed by atoms with Gasteiger partial charge in [0.1, 0.15) is 0 Å². The van der Waals surface area contributed by atoms with Gasteiger partial charge >= 0.3 is 6.09 Å². The number of hydrogen-bond donors (Lipinski definition) is 0. The largest absolute Gasteiger partial charge is 0.476 e. The Balaban J connectivity index is 1.46. The van der Waals surface area contributed by atoms with Crippen LogP contribution in [-0.4, -0.2) is 62.2 Å². The fourth-order valence-electron chi connectivity index (χ4n) is 3.24. The molecule has 1 aliphatic rings. The van der Waals surface area contributed by atoms with Gasteiger partial charge in [0, 0.05) is 31.0 Å². The van der Waals surface area contributed by atoms with Crippen molar-refractivity contribution in [3.05, 3.63) is 36.4 Å². The number of piperidine rings is 1. The highest BCUT2D eigenvalue weighted by molar-refractivity contribution is 7.90. The number of benzene rings is 1. The summed E-state index contributed by atoms with van der Waals surface area (Å²) in [6, 6.07) is 10.1. The molecule has 8 nitrogen and oxygen atoms in total. The van der Waals surface area contributed by atoms with Crippen LogP contribution in [0.5, 0.6) is 5.88 Å². The maximum absolute atomic E-state index is 12.0. The number of ether oxygens (including phenoxy) is 2. The Morgan fingerprint density at radius 2 is 1.77 bits per heavy atom. The summed E-state index contributed by atoms with van der Waals surface area (Å²) in [4.78, 5) is 14.0. The summed E-state index contributed by atoms with van der Waals surface area (Å²) >= 11 is 0. The van der Waals surface area contributed by atoms with Crippen molar-refractivity contribution in [3.63, 3.8) is 0 Å². The molecule has 2 heterocycles. The van der Waals surface area contributed by atoms with Gasteiger partial charge in [-0.05, 0) is 42.9 Å². The number of nitrogens with zero attached hydrogens (tertiary/aromatic N) is 3. The fourth-order valence-corrected chi connectivity index (χ4v) is 3.87. The normalized spacial score (nSPS) is 15.2. The Morgan fingerprint density at radius 1 is 1.10 bits per heavy atom. The van der Waals surface area contributed by atoms with E-state index in [4.69, 9.17) is 9.47 Å².